The third kappa shape index (κ3) is 8.76. The number of hydrogen-bond donors (Lipinski definition) is 1. The van der Waals surface area contributed by atoms with Crippen LogP contribution in [-0.2, 0) is 42.7 Å². The molecule has 0 saturated heterocycles. The van der Waals surface area contributed by atoms with Crippen molar-refractivity contribution in [1.29, 1.82) is 0 Å². The second-order valence-corrected chi connectivity index (χ2v) is 21.2. The molecule has 4 heterocycles. The first kappa shape index (κ1) is 46.3. The zero-order chi connectivity index (χ0) is 46.2. The Balaban J connectivity index is 0.00000592. The second kappa shape index (κ2) is 16.9. The topological polar surface area (TPSA) is 103 Å². The van der Waals surface area contributed by atoms with Gasteiger partial charge in [0.25, 0.3) is 0 Å². The molecule has 0 atom stereocenters. The van der Waals surface area contributed by atoms with E-state index in [9.17, 15) is 5.11 Å². The Hall–Kier alpha value is -6.24. The molecule has 0 spiro atoms. The van der Waals surface area contributed by atoms with Crippen LogP contribution in [0.5, 0.6) is 5.75 Å². The Morgan fingerprint density at radius 3 is 1.88 bits per heavy atom. The molecule has 0 unspecified atom stereocenters. The molecule has 9 aromatic rings. The third-order valence-electron chi connectivity index (χ3n) is 11.9. The van der Waals surface area contributed by atoms with Gasteiger partial charge >= 0.3 is 0 Å². The van der Waals surface area contributed by atoms with Gasteiger partial charge in [0.2, 0.25) is 0 Å². The zero-order valence-electron chi connectivity index (χ0n) is 39.9. The average Bonchev–Trinajstić information content (AvgIpc) is 3.87. The molecule has 0 amide bonds. The molecule has 9 heteroatoms. The number of phenols is 1. The van der Waals surface area contributed by atoms with E-state index in [0.717, 1.165) is 78.4 Å². The summed E-state index contributed by atoms with van der Waals surface area (Å²) < 4.78 is 8.57. The van der Waals surface area contributed by atoms with Crippen LogP contribution in [0.1, 0.15) is 106 Å². The number of imidazole rings is 1. The summed E-state index contributed by atoms with van der Waals surface area (Å²) >= 11 is 0. The molecular weight excluding hydrogens is 996 g/mol. The van der Waals surface area contributed by atoms with E-state index in [1.807, 2.05) is 30.3 Å². The van der Waals surface area contributed by atoms with Crippen molar-refractivity contribution in [2.75, 3.05) is 0 Å². The Morgan fingerprint density at radius 1 is 0.576 bits per heavy atom. The molecule has 66 heavy (non-hydrogen) atoms. The normalized spacial score (nSPS) is 12.5. The summed E-state index contributed by atoms with van der Waals surface area (Å²) in [4.78, 5) is 25.0. The summed E-state index contributed by atoms with van der Waals surface area (Å²) in [7, 11) is 0. The van der Waals surface area contributed by atoms with Gasteiger partial charge in [-0.25, -0.2) is 19.9 Å². The van der Waals surface area contributed by atoms with Gasteiger partial charge in [-0.1, -0.05) is 167 Å². The summed E-state index contributed by atoms with van der Waals surface area (Å²) in [5.41, 5.74) is 10.4. The number of para-hydroxylation sites is 2. The van der Waals surface area contributed by atoms with Crippen molar-refractivity contribution in [1.82, 2.24) is 29.5 Å². The number of hydrogen-bond acceptors (Lipinski definition) is 7. The number of phenolic OH excluding ortho intramolecular Hbond substituents is 1. The van der Waals surface area contributed by atoms with Crippen LogP contribution in [0.3, 0.4) is 0 Å². The molecule has 1 N–H and O–H groups in total. The molecule has 4 aromatic heterocycles. The first-order valence-electron chi connectivity index (χ1n) is 22.4. The number of aromatic nitrogens is 6. The number of rotatable bonds is 6. The van der Waals surface area contributed by atoms with E-state index >= 15 is 0 Å². The van der Waals surface area contributed by atoms with Crippen LogP contribution in [0.15, 0.2) is 126 Å². The van der Waals surface area contributed by atoms with Crippen LogP contribution in [0.2, 0.25) is 0 Å². The van der Waals surface area contributed by atoms with Crippen LogP contribution >= 0.6 is 0 Å². The fourth-order valence-electron chi connectivity index (χ4n) is 8.22. The number of nitrogens with zero attached hydrogens (tertiary/aromatic N) is 6. The quantitative estimate of drug-likeness (QED) is 0.165. The monoisotopic (exact) mass is 1050 g/mol. The van der Waals surface area contributed by atoms with Crippen molar-refractivity contribution < 1.29 is 30.6 Å². The maximum atomic E-state index is 12.3. The van der Waals surface area contributed by atoms with Crippen molar-refractivity contribution in [2.45, 2.75) is 105 Å². The summed E-state index contributed by atoms with van der Waals surface area (Å²) in [6.07, 6.45) is 1.76. The number of furan rings is 1. The number of aromatic hydroxyl groups is 1. The summed E-state index contributed by atoms with van der Waals surface area (Å²) in [6.45, 7) is 25.7. The van der Waals surface area contributed by atoms with Gasteiger partial charge in [0.15, 0.2) is 17.2 Å². The van der Waals surface area contributed by atoms with Gasteiger partial charge < -0.3 is 9.52 Å². The maximum absolute atomic E-state index is 12.3. The Bertz CT molecular complexity index is 3230. The van der Waals surface area contributed by atoms with Gasteiger partial charge in [-0.2, -0.15) is 0 Å². The van der Waals surface area contributed by atoms with Gasteiger partial charge in [0.1, 0.15) is 23.2 Å². The van der Waals surface area contributed by atoms with Gasteiger partial charge in [0.05, 0.1) is 28.5 Å². The average molecular weight is 1050 g/mol. The van der Waals surface area contributed by atoms with Crippen molar-refractivity contribution >= 4 is 22.0 Å². The number of benzene rings is 5. The second-order valence-electron chi connectivity index (χ2n) is 21.2. The van der Waals surface area contributed by atoms with E-state index in [-0.39, 0.29) is 48.5 Å². The zero-order valence-corrected chi connectivity index (χ0v) is 42.2. The summed E-state index contributed by atoms with van der Waals surface area (Å²) in [5, 5.41) is 13.2. The van der Waals surface area contributed by atoms with Gasteiger partial charge in [-0.3, -0.25) is 9.55 Å². The van der Waals surface area contributed by atoms with Gasteiger partial charge in [-0.05, 0) is 46.2 Å². The molecule has 0 saturated carbocycles. The van der Waals surface area contributed by atoms with E-state index in [4.69, 9.17) is 29.3 Å². The molecule has 9 rings (SSSR count). The van der Waals surface area contributed by atoms with Crippen LogP contribution < -0.4 is 0 Å². The van der Waals surface area contributed by atoms with E-state index in [0.29, 0.717) is 28.6 Å². The molecule has 0 aliphatic rings. The fraction of sp³-hybridized carbons (Fsp3) is 0.281. The molecule has 8 nitrogen and oxygen atoms in total. The molecular formula is C57H57N6O2Pt-. The summed E-state index contributed by atoms with van der Waals surface area (Å²) in [6, 6.07) is 43.3. The van der Waals surface area contributed by atoms with Crippen molar-refractivity contribution in [2.24, 2.45) is 0 Å². The minimum absolute atomic E-state index is 0. The molecule has 0 bridgehead atoms. The fourth-order valence-corrected chi connectivity index (χ4v) is 8.22. The first-order chi connectivity index (χ1) is 30.6. The van der Waals surface area contributed by atoms with Crippen LogP contribution in [0, 0.1) is 6.07 Å². The van der Waals surface area contributed by atoms with E-state index in [1.165, 1.54) is 0 Å². The van der Waals surface area contributed by atoms with Crippen molar-refractivity contribution in [3.05, 3.63) is 150 Å². The predicted molar refractivity (Wildman–Crippen MR) is 265 cm³/mol. The van der Waals surface area contributed by atoms with E-state index < -0.39 is 0 Å². The predicted octanol–water partition coefficient (Wildman–Crippen LogP) is 14.4. The molecule has 0 fully saturated rings. The smallest absolute Gasteiger partial charge is 0.199 e. The standard InChI is InChI=1S/C57H57N6O2.Pt/c1-54(2,3)38-31-41(49(64)42(32-38)55(4,5)6)51-59-48-40(25-19-27-45(48)63(51)44-26-17-16-24-39(44)34-20-14-13-15-21-34)35-22-18-23-36(28-35)43-29-37-30-46(65-47(37)33-58-43)50-60-52(56(7,8)9)62-53(61-50)57(10,11)12;/h13-27,29-33,64H,1-12H3;/q-1;. The van der Waals surface area contributed by atoms with Gasteiger partial charge in [0, 0.05) is 54.1 Å². The van der Waals surface area contributed by atoms with E-state index in [1.54, 1.807) is 6.20 Å². The molecule has 338 valence electrons. The van der Waals surface area contributed by atoms with Gasteiger partial charge in [-0.15, -0.1) is 29.8 Å². The molecule has 0 aliphatic heterocycles. The minimum atomic E-state index is -0.326. The van der Waals surface area contributed by atoms with Crippen molar-refractivity contribution in [3.8, 4) is 67.9 Å². The Labute approximate surface area is 402 Å². The van der Waals surface area contributed by atoms with Crippen LogP contribution in [-0.4, -0.2) is 34.6 Å². The first-order valence-corrected chi connectivity index (χ1v) is 22.4. The van der Waals surface area contributed by atoms with Crippen LogP contribution in [0.25, 0.3) is 84.2 Å². The molecule has 0 radical (unpaired) electrons. The Morgan fingerprint density at radius 2 is 1.21 bits per heavy atom. The maximum Gasteiger partial charge on any atom is 0.199 e. The summed E-state index contributed by atoms with van der Waals surface area (Å²) in [5.74, 6) is 3.40. The van der Waals surface area contributed by atoms with E-state index in [2.05, 4.69) is 179 Å². The minimum Gasteiger partial charge on any atom is -0.507 e. The number of fused-ring (bicyclic) bond motifs is 2. The third-order valence-corrected chi connectivity index (χ3v) is 11.9. The molecule has 5 aromatic carbocycles. The van der Waals surface area contributed by atoms with Crippen molar-refractivity contribution in [3.63, 3.8) is 0 Å². The molecule has 0 aliphatic carbocycles. The largest absolute Gasteiger partial charge is 0.507 e. The van der Waals surface area contributed by atoms with Crippen LogP contribution in [0.4, 0.5) is 0 Å². The number of pyridine rings is 1. The SMILES string of the molecule is CC(C)(C)c1cc(-c2nc3c(-c4[c-]c(-c5cc6cc(-c7nc(C(C)(C)C)nc(C(C)(C)C)n7)oc6cn5)ccc4)cccc3n2-c2ccccc2-c2ccccc2)c(O)c(C(C)(C)C)c1.[Pt]. The Kier molecular flexibility index (Phi) is 11.8.